The monoisotopic (exact) mass is 312 g/mol. The lowest BCUT2D eigenvalue weighted by Gasteiger charge is -2.18. The maximum Gasteiger partial charge on any atom is 0.122 e. The van der Waals surface area contributed by atoms with Crippen molar-refractivity contribution in [2.75, 3.05) is 7.11 Å². The largest absolute Gasteiger partial charge is 0.496 e. The number of rotatable bonds is 2. The fraction of sp³-hybridized carbons (Fsp3) is 0.222. The van der Waals surface area contributed by atoms with Crippen molar-refractivity contribution >= 4 is 22.7 Å². The van der Waals surface area contributed by atoms with Crippen molar-refractivity contribution in [3.8, 4) is 25.9 Å². The lowest BCUT2D eigenvalue weighted by Crippen LogP contribution is -2.03. The Morgan fingerprint density at radius 1 is 1.00 bits per heavy atom. The molecule has 21 heavy (non-hydrogen) atoms. The summed E-state index contributed by atoms with van der Waals surface area (Å²) in [4.78, 5) is 5.58. The molecular weight excluding hydrogens is 296 g/mol. The highest BCUT2D eigenvalue weighted by Crippen LogP contribution is 2.46. The Morgan fingerprint density at radius 3 is 2.67 bits per heavy atom. The molecule has 0 N–H and O–H groups in total. The number of ether oxygens (including phenoxy) is 1. The van der Waals surface area contributed by atoms with Gasteiger partial charge in [0.2, 0.25) is 0 Å². The predicted molar refractivity (Wildman–Crippen MR) is 91.8 cm³/mol. The summed E-state index contributed by atoms with van der Waals surface area (Å²) in [5.41, 5.74) is 4.21. The van der Waals surface area contributed by atoms with Crippen LogP contribution in [0.5, 0.6) is 5.75 Å². The molecule has 0 spiro atoms. The van der Waals surface area contributed by atoms with Gasteiger partial charge in [-0.3, -0.25) is 0 Å². The average molecular weight is 312 g/mol. The van der Waals surface area contributed by atoms with Crippen LogP contribution in [0.15, 0.2) is 36.4 Å². The van der Waals surface area contributed by atoms with Crippen LogP contribution in [0.25, 0.3) is 20.2 Å². The van der Waals surface area contributed by atoms with Gasteiger partial charge in [0.15, 0.2) is 0 Å². The van der Waals surface area contributed by atoms with Crippen LogP contribution in [0.4, 0.5) is 0 Å². The van der Waals surface area contributed by atoms with Gasteiger partial charge in [0.25, 0.3) is 0 Å². The van der Waals surface area contributed by atoms with Crippen molar-refractivity contribution in [3.05, 3.63) is 52.4 Å². The summed E-state index contributed by atoms with van der Waals surface area (Å²) in [6.07, 6.45) is 2.19. The summed E-state index contributed by atoms with van der Waals surface area (Å²) in [7, 11) is 1.76. The van der Waals surface area contributed by atoms with E-state index in [0.717, 1.165) is 18.6 Å². The maximum atomic E-state index is 5.53. The first-order valence-electron chi connectivity index (χ1n) is 7.12. The zero-order valence-corrected chi connectivity index (χ0v) is 13.7. The number of hydrogen-bond donors (Lipinski definition) is 0. The molecule has 2 aromatic heterocycles. The summed E-state index contributed by atoms with van der Waals surface area (Å²) in [6.45, 7) is 2.17. The number of aryl methyl sites for hydroxylation is 2. The highest BCUT2D eigenvalue weighted by atomic mass is 32.1. The Hall–Kier alpha value is -1.58. The van der Waals surface area contributed by atoms with Gasteiger partial charge in [0.1, 0.15) is 5.75 Å². The fourth-order valence-corrected chi connectivity index (χ4v) is 5.23. The van der Waals surface area contributed by atoms with Crippen LogP contribution in [0.3, 0.4) is 0 Å². The van der Waals surface area contributed by atoms with Gasteiger partial charge in [-0.05, 0) is 55.2 Å². The van der Waals surface area contributed by atoms with E-state index in [1.807, 2.05) is 22.7 Å². The van der Waals surface area contributed by atoms with Crippen LogP contribution in [0, 0.1) is 6.92 Å². The van der Waals surface area contributed by atoms with Gasteiger partial charge < -0.3 is 4.74 Å². The van der Waals surface area contributed by atoms with E-state index in [9.17, 15) is 0 Å². The first-order valence-corrected chi connectivity index (χ1v) is 8.75. The third-order valence-electron chi connectivity index (χ3n) is 4.03. The van der Waals surface area contributed by atoms with E-state index >= 15 is 0 Å². The Bertz CT molecular complexity index is 810. The Morgan fingerprint density at radius 2 is 1.90 bits per heavy atom. The third-order valence-corrected chi connectivity index (χ3v) is 6.44. The SMILES string of the molecule is COc1cccc2c1CCc1cc(-c3ccc(C)s3)sc1-2. The van der Waals surface area contributed by atoms with Gasteiger partial charge in [-0.1, -0.05) is 12.1 Å². The smallest absolute Gasteiger partial charge is 0.122 e. The summed E-state index contributed by atoms with van der Waals surface area (Å²) in [5, 5.41) is 0. The molecule has 0 saturated carbocycles. The predicted octanol–water partition coefficient (Wildman–Crippen LogP) is 5.56. The Balaban J connectivity index is 1.86. The molecule has 106 valence electrons. The molecule has 4 rings (SSSR count). The van der Waals surface area contributed by atoms with Gasteiger partial charge in [-0.15, -0.1) is 22.7 Å². The van der Waals surface area contributed by atoms with E-state index < -0.39 is 0 Å². The van der Waals surface area contributed by atoms with Crippen molar-refractivity contribution < 1.29 is 4.74 Å². The normalized spacial score (nSPS) is 12.9. The van der Waals surface area contributed by atoms with E-state index in [1.54, 1.807) is 7.11 Å². The second kappa shape index (κ2) is 5.00. The zero-order chi connectivity index (χ0) is 14.4. The second-order valence-electron chi connectivity index (χ2n) is 5.36. The summed E-state index contributed by atoms with van der Waals surface area (Å²) in [6, 6.07) is 13.2. The fourth-order valence-electron chi connectivity index (χ4n) is 3.02. The molecule has 1 nitrogen and oxygen atoms in total. The molecule has 0 fully saturated rings. The summed E-state index contributed by atoms with van der Waals surface area (Å²) >= 11 is 3.80. The van der Waals surface area contributed by atoms with Crippen molar-refractivity contribution in [1.29, 1.82) is 0 Å². The van der Waals surface area contributed by atoms with Crippen LogP contribution in [-0.2, 0) is 12.8 Å². The number of benzene rings is 1. The molecule has 0 aliphatic heterocycles. The van der Waals surface area contributed by atoms with E-state index in [4.69, 9.17) is 4.74 Å². The van der Waals surface area contributed by atoms with Crippen LogP contribution >= 0.6 is 22.7 Å². The van der Waals surface area contributed by atoms with Gasteiger partial charge in [-0.2, -0.15) is 0 Å². The molecule has 3 aromatic rings. The number of thiophene rings is 2. The van der Waals surface area contributed by atoms with Gasteiger partial charge in [0, 0.05) is 25.1 Å². The standard InChI is InChI=1S/C18H16OS2/c1-11-6-9-16(20-11)17-10-12-7-8-13-14(18(12)21-17)4-3-5-15(13)19-2/h3-6,9-10H,7-8H2,1-2H3. The van der Waals surface area contributed by atoms with E-state index in [-0.39, 0.29) is 0 Å². The van der Waals surface area contributed by atoms with E-state index in [0.29, 0.717) is 0 Å². The van der Waals surface area contributed by atoms with Crippen LogP contribution in [0.1, 0.15) is 16.0 Å². The van der Waals surface area contributed by atoms with Crippen molar-refractivity contribution in [3.63, 3.8) is 0 Å². The number of methoxy groups -OCH3 is 1. The zero-order valence-electron chi connectivity index (χ0n) is 12.1. The van der Waals surface area contributed by atoms with E-state index in [2.05, 4.69) is 43.3 Å². The minimum Gasteiger partial charge on any atom is -0.496 e. The minimum atomic E-state index is 1.03. The molecule has 0 radical (unpaired) electrons. The van der Waals surface area contributed by atoms with Crippen LogP contribution in [0.2, 0.25) is 0 Å². The summed E-state index contributed by atoms with van der Waals surface area (Å²) in [5.74, 6) is 1.03. The average Bonchev–Trinajstić information content (AvgIpc) is 3.12. The molecule has 0 saturated heterocycles. The first kappa shape index (κ1) is 13.1. The molecule has 0 bridgehead atoms. The highest BCUT2D eigenvalue weighted by molar-refractivity contribution is 7.24. The first-order chi connectivity index (χ1) is 10.3. The molecule has 0 amide bonds. The number of hydrogen-bond acceptors (Lipinski definition) is 3. The quantitative estimate of drug-likeness (QED) is 0.602. The highest BCUT2D eigenvalue weighted by Gasteiger charge is 2.22. The van der Waals surface area contributed by atoms with E-state index in [1.165, 1.54) is 36.2 Å². The Labute approximate surface area is 132 Å². The molecule has 0 atom stereocenters. The topological polar surface area (TPSA) is 9.23 Å². The molecule has 1 aromatic carbocycles. The Kier molecular flexibility index (Phi) is 3.12. The molecule has 1 aliphatic carbocycles. The second-order valence-corrected chi connectivity index (χ2v) is 7.70. The number of fused-ring (bicyclic) bond motifs is 3. The van der Waals surface area contributed by atoms with Crippen LogP contribution < -0.4 is 4.74 Å². The van der Waals surface area contributed by atoms with Crippen molar-refractivity contribution in [2.24, 2.45) is 0 Å². The minimum absolute atomic E-state index is 1.03. The lowest BCUT2D eigenvalue weighted by molar-refractivity contribution is 0.409. The van der Waals surface area contributed by atoms with Gasteiger partial charge in [0.05, 0.1) is 7.11 Å². The summed E-state index contributed by atoms with van der Waals surface area (Å²) < 4.78 is 5.53. The molecular formula is C18H16OS2. The van der Waals surface area contributed by atoms with Crippen molar-refractivity contribution in [2.45, 2.75) is 19.8 Å². The molecule has 0 unspecified atom stereocenters. The van der Waals surface area contributed by atoms with Crippen LogP contribution in [-0.4, -0.2) is 7.11 Å². The van der Waals surface area contributed by atoms with Gasteiger partial charge in [-0.25, -0.2) is 0 Å². The third kappa shape index (κ3) is 2.12. The maximum absolute atomic E-state index is 5.53. The van der Waals surface area contributed by atoms with Gasteiger partial charge >= 0.3 is 0 Å². The lowest BCUT2D eigenvalue weighted by atomic mass is 9.91. The molecule has 2 heterocycles. The molecule has 1 aliphatic rings. The molecule has 3 heteroatoms. The van der Waals surface area contributed by atoms with Crippen molar-refractivity contribution in [1.82, 2.24) is 0 Å².